The zero-order valence-corrected chi connectivity index (χ0v) is 10.2. The van der Waals surface area contributed by atoms with Crippen molar-refractivity contribution < 1.29 is 9.53 Å². The lowest BCUT2D eigenvalue weighted by molar-refractivity contribution is -0.123. The number of carbonyl (C=O) groups excluding carboxylic acids is 1. The molecule has 88 valence electrons. The number of rotatable bonds is 5. The molecule has 0 N–H and O–H groups in total. The van der Waals surface area contributed by atoms with E-state index in [0.29, 0.717) is 18.2 Å². The Hall–Kier alpha value is -0.410. The van der Waals surface area contributed by atoms with Crippen LogP contribution < -0.4 is 0 Å². The largest absolute Gasteiger partial charge is 0.384 e. The van der Waals surface area contributed by atoms with Gasteiger partial charge in [0.05, 0.1) is 6.54 Å². The highest BCUT2D eigenvalue weighted by molar-refractivity contribution is 5.82. The van der Waals surface area contributed by atoms with Crippen LogP contribution in [0.25, 0.3) is 0 Å². The number of nitrogens with zero attached hydrogens (tertiary/aromatic N) is 1. The van der Waals surface area contributed by atoms with Gasteiger partial charge in [0.2, 0.25) is 0 Å². The van der Waals surface area contributed by atoms with E-state index < -0.39 is 0 Å². The van der Waals surface area contributed by atoms with E-state index in [9.17, 15) is 4.79 Å². The molecule has 0 aromatic carbocycles. The van der Waals surface area contributed by atoms with Gasteiger partial charge in [-0.3, -0.25) is 9.69 Å². The Morgan fingerprint density at radius 1 is 1.40 bits per heavy atom. The maximum absolute atomic E-state index is 11.6. The first-order valence-electron chi connectivity index (χ1n) is 5.87. The lowest BCUT2D eigenvalue weighted by atomic mass is 9.97. The average Bonchev–Trinajstić information content (AvgIpc) is 2.21. The fraction of sp³-hybridized carbons (Fsp3) is 0.917. The van der Waals surface area contributed by atoms with E-state index in [1.54, 1.807) is 7.11 Å². The van der Waals surface area contributed by atoms with Crippen LogP contribution in [0.1, 0.15) is 26.7 Å². The highest BCUT2D eigenvalue weighted by Crippen LogP contribution is 2.17. The molecule has 1 fully saturated rings. The van der Waals surface area contributed by atoms with Crippen molar-refractivity contribution >= 4 is 5.78 Å². The molecule has 0 amide bonds. The summed E-state index contributed by atoms with van der Waals surface area (Å²) in [6, 6.07) is 0. The number of methoxy groups -OCH3 is 1. The molecular formula is C12H23NO2. The standard InChI is InChI=1S/C12H23NO2/c1-10(2)12(14)8-13-6-4-11(5-7-13)9-15-3/h10-11H,4-9H2,1-3H3. The molecule has 1 rings (SSSR count). The molecule has 0 atom stereocenters. The van der Waals surface area contributed by atoms with Gasteiger partial charge in [0.15, 0.2) is 0 Å². The van der Waals surface area contributed by atoms with Gasteiger partial charge in [-0.25, -0.2) is 0 Å². The molecule has 0 saturated carbocycles. The van der Waals surface area contributed by atoms with Crippen molar-refractivity contribution in [2.45, 2.75) is 26.7 Å². The quantitative estimate of drug-likeness (QED) is 0.694. The van der Waals surface area contributed by atoms with Crippen LogP contribution in [-0.2, 0) is 9.53 Å². The Balaban J connectivity index is 2.22. The Labute approximate surface area is 92.8 Å². The summed E-state index contributed by atoms with van der Waals surface area (Å²) in [6.45, 7) is 7.54. The number of hydrogen-bond donors (Lipinski definition) is 0. The van der Waals surface area contributed by atoms with Crippen molar-refractivity contribution in [2.75, 3.05) is 33.4 Å². The van der Waals surface area contributed by atoms with Crippen LogP contribution in [0.15, 0.2) is 0 Å². The fourth-order valence-corrected chi connectivity index (χ4v) is 1.95. The monoisotopic (exact) mass is 213 g/mol. The van der Waals surface area contributed by atoms with Gasteiger partial charge >= 0.3 is 0 Å². The van der Waals surface area contributed by atoms with E-state index in [0.717, 1.165) is 19.7 Å². The second-order valence-electron chi connectivity index (χ2n) is 4.80. The number of Topliss-reactive ketones (excluding diaryl/α,β-unsaturated/α-hetero) is 1. The Morgan fingerprint density at radius 3 is 2.47 bits per heavy atom. The Morgan fingerprint density at radius 2 is 2.00 bits per heavy atom. The van der Waals surface area contributed by atoms with Gasteiger partial charge < -0.3 is 4.74 Å². The number of ketones is 1. The maximum Gasteiger partial charge on any atom is 0.149 e. The zero-order valence-electron chi connectivity index (χ0n) is 10.2. The number of hydrogen-bond acceptors (Lipinski definition) is 3. The topological polar surface area (TPSA) is 29.5 Å². The smallest absolute Gasteiger partial charge is 0.149 e. The third-order valence-corrected chi connectivity index (χ3v) is 3.13. The summed E-state index contributed by atoms with van der Waals surface area (Å²) in [6.07, 6.45) is 2.33. The molecule has 0 bridgehead atoms. The van der Waals surface area contributed by atoms with E-state index in [-0.39, 0.29) is 5.92 Å². The third kappa shape index (κ3) is 4.31. The van der Waals surface area contributed by atoms with Crippen LogP contribution in [0.4, 0.5) is 0 Å². The summed E-state index contributed by atoms with van der Waals surface area (Å²) in [5, 5.41) is 0. The Kier molecular flexibility index (Phi) is 5.26. The van der Waals surface area contributed by atoms with Crippen LogP contribution in [0, 0.1) is 11.8 Å². The minimum Gasteiger partial charge on any atom is -0.384 e. The van der Waals surface area contributed by atoms with Crippen molar-refractivity contribution in [3.63, 3.8) is 0 Å². The fourth-order valence-electron chi connectivity index (χ4n) is 1.95. The van der Waals surface area contributed by atoms with Crippen LogP contribution >= 0.6 is 0 Å². The van der Waals surface area contributed by atoms with Crippen molar-refractivity contribution in [2.24, 2.45) is 11.8 Å². The van der Waals surface area contributed by atoms with Crippen molar-refractivity contribution in [3.05, 3.63) is 0 Å². The van der Waals surface area contributed by atoms with E-state index in [1.807, 2.05) is 13.8 Å². The van der Waals surface area contributed by atoms with E-state index in [4.69, 9.17) is 4.74 Å². The average molecular weight is 213 g/mol. The molecule has 0 radical (unpaired) electrons. The van der Waals surface area contributed by atoms with Crippen LogP contribution in [0.5, 0.6) is 0 Å². The predicted molar refractivity (Wildman–Crippen MR) is 60.9 cm³/mol. The molecule has 0 unspecified atom stereocenters. The van der Waals surface area contributed by atoms with Crippen molar-refractivity contribution in [3.8, 4) is 0 Å². The first-order chi connectivity index (χ1) is 7.13. The number of piperidine rings is 1. The minimum atomic E-state index is 0.168. The summed E-state index contributed by atoms with van der Waals surface area (Å²) in [5.74, 6) is 1.22. The molecular weight excluding hydrogens is 190 g/mol. The van der Waals surface area contributed by atoms with Gasteiger partial charge in [0.25, 0.3) is 0 Å². The molecule has 0 spiro atoms. The first-order valence-corrected chi connectivity index (χ1v) is 5.87. The lowest BCUT2D eigenvalue weighted by Gasteiger charge is -2.31. The zero-order chi connectivity index (χ0) is 11.3. The van der Waals surface area contributed by atoms with Gasteiger partial charge in [-0.05, 0) is 31.8 Å². The normalized spacial score (nSPS) is 19.7. The number of ether oxygens (including phenoxy) is 1. The summed E-state index contributed by atoms with van der Waals surface area (Å²) < 4.78 is 5.15. The molecule has 0 aromatic rings. The number of carbonyl (C=O) groups is 1. The molecule has 0 aromatic heterocycles. The van der Waals surface area contributed by atoms with Crippen LogP contribution in [0.2, 0.25) is 0 Å². The molecule has 1 aliphatic rings. The number of likely N-dealkylation sites (tertiary alicyclic amines) is 1. The summed E-state index contributed by atoms with van der Waals surface area (Å²) in [5.41, 5.74) is 0. The van der Waals surface area contributed by atoms with Crippen LogP contribution in [0.3, 0.4) is 0 Å². The highest BCUT2D eigenvalue weighted by Gasteiger charge is 2.21. The molecule has 0 aliphatic carbocycles. The minimum absolute atomic E-state index is 0.168. The van der Waals surface area contributed by atoms with Crippen LogP contribution in [-0.4, -0.2) is 44.0 Å². The van der Waals surface area contributed by atoms with E-state index in [2.05, 4.69) is 4.90 Å². The first kappa shape index (κ1) is 12.7. The van der Waals surface area contributed by atoms with Gasteiger partial charge in [0, 0.05) is 19.6 Å². The van der Waals surface area contributed by atoms with Gasteiger partial charge in [-0.15, -0.1) is 0 Å². The lowest BCUT2D eigenvalue weighted by Crippen LogP contribution is -2.39. The SMILES string of the molecule is COCC1CCN(CC(=O)C(C)C)CC1. The molecule has 1 heterocycles. The predicted octanol–water partition coefficient (Wildman–Crippen LogP) is 1.57. The molecule has 15 heavy (non-hydrogen) atoms. The molecule has 1 aliphatic heterocycles. The third-order valence-electron chi connectivity index (χ3n) is 3.13. The summed E-state index contributed by atoms with van der Waals surface area (Å²) in [4.78, 5) is 13.8. The highest BCUT2D eigenvalue weighted by atomic mass is 16.5. The maximum atomic E-state index is 11.6. The Bertz CT molecular complexity index is 196. The molecule has 3 heteroatoms. The summed E-state index contributed by atoms with van der Waals surface area (Å²) >= 11 is 0. The van der Waals surface area contributed by atoms with E-state index >= 15 is 0 Å². The van der Waals surface area contributed by atoms with Crippen molar-refractivity contribution in [1.82, 2.24) is 4.90 Å². The van der Waals surface area contributed by atoms with Crippen molar-refractivity contribution in [1.29, 1.82) is 0 Å². The van der Waals surface area contributed by atoms with Gasteiger partial charge in [0.1, 0.15) is 5.78 Å². The van der Waals surface area contributed by atoms with Gasteiger partial charge in [-0.2, -0.15) is 0 Å². The molecule has 1 saturated heterocycles. The van der Waals surface area contributed by atoms with Gasteiger partial charge in [-0.1, -0.05) is 13.8 Å². The second-order valence-corrected chi connectivity index (χ2v) is 4.80. The summed E-state index contributed by atoms with van der Waals surface area (Å²) in [7, 11) is 1.76. The van der Waals surface area contributed by atoms with E-state index in [1.165, 1.54) is 12.8 Å². The molecule has 3 nitrogen and oxygen atoms in total. The second kappa shape index (κ2) is 6.23.